The van der Waals surface area contributed by atoms with Gasteiger partial charge in [-0.1, -0.05) is 6.07 Å². The fourth-order valence-corrected chi connectivity index (χ4v) is 1.28. The summed E-state index contributed by atoms with van der Waals surface area (Å²) in [5.41, 5.74) is 1.02. The Morgan fingerprint density at radius 1 is 1.11 bits per heavy atom. The third-order valence-corrected chi connectivity index (χ3v) is 2.13. The molecule has 0 radical (unpaired) electrons. The minimum Gasteiger partial charge on any atom is -0.467 e. The van der Waals surface area contributed by atoms with E-state index in [9.17, 15) is 0 Å². The highest BCUT2D eigenvalue weighted by Gasteiger charge is 2.06. The third-order valence-electron chi connectivity index (χ3n) is 2.13. The van der Waals surface area contributed by atoms with E-state index in [1.807, 2.05) is 12.1 Å². The zero-order valence-electron chi connectivity index (χ0n) is 10.1. The lowest BCUT2D eigenvalue weighted by Crippen LogP contribution is -2.07. The zero-order chi connectivity index (χ0) is 12.8. The van der Waals surface area contributed by atoms with E-state index >= 15 is 0 Å². The minimum absolute atomic E-state index is 0.204. The quantitative estimate of drug-likeness (QED) is 0.840. The van der Waals surface area contributed by atoms with Gasteiger partial charge in [-0.05, 0) is 11.6 Å². The first-order chi connectivity index (χ1) is 8.81. The Morgan fingerprint density at radius 2 is 1.83 bits per heavy atom. The minimum atomic E-state index is 0.204. The summed E-state index contributed by atoms with van der Waals surface area (Å²) < 4.78 is 9.91. The van der Waals surface area contributed by atoms with Crippen molar-refractivity contribution in [1.29, 1.82) is 0 Å². The Morgan fingerprint density at radius 3 is 2.39 bits per heavy atom. The van der Waals surface area contributed by atoms with Crippen LogP contribution >= 0.6 is 0 Å². The number of pyridine rings is 1. The van der Waals surface area contributed by atoms with Crippen LogP contribution in [0.25, 0.3) is 0 Å². The van der Waals surface area contributed by atoms with E-state index in [0.717, 1.165) is 5.56 Å². The molecule has 7 heteroatoms. The largest absolute Gasteiger partial charge is 0.467 e. The molecule has 2 aromatic heterocycles. The molecule has 0 aliphatic carbocycles. The molecule has 0 saturated carbocycles. The molecule has 0 saturated heterocycles. The first-order valence-electron chi connectivity index (χ1n) is 5.28. The van der Waals surface area contributed by atoms with Gasteiger partial charge in [-0.15, -0.1) is 4.98 Å². The summed E-state index contributed by atoms with van der Waals surface area (Å²) in [5, 5.41) is 3.05. The molecule has 94 valence electrons. The van der Waals surface area contributed by atoms with Gasteiger partial charge in [-0.25, -0.2) is 0 Å². The fraction of sp³-hybridized carbons (Fsp3) is 0.273. The van der Waals surface area contributed by atoms with Crippen molar-refractivity contribution >= 4 is 5.95 Å². The van der Waals surface area contributed by atoms with Crippen molar-refractivity contribution in [2.45, 2.75) is 6.54 Å². The van der Waals surface area contributed by atoms with Gasteiger partial charge < -0.3 is 14.8 Å². The molecular formula is C11H13N5O2. The van der Waals surface area contributed by atoms with E-state index in [0.29, 0.717) is 12.5 Å². The fourth-order valence-electron chi connectivity index (χ4n) is 1.28. The van der Waals surface area contributed by atoms with Crippen LogP contribution in [-0.4, -0.2) is 34.2 Å². The first kappa shape index (κ1) is 12.0. The molecule has 0 aliphatic rings. The van der Waals surface area contributed by atoms with Crippen molar-refractivity contribution < 1.29 is 9.47 Å². The van der Waals surface area contributed by atoms with Crippen molar-refractivity contribution in [3.05, 3.63) is 30.1 Å². The number of nitrogens with zero attached hydrogens (tertiary/aromatic N) is 4. The smallest absolute Gasteiger partial charge is 0.324 e. The van der Waals surface area contributed by atoms with Crippen LogP contribution in [0.5, 0.6) is 12.0 Å². The number of rotatable bonds is 5. The third kappa shape index (κ3) is 3.03. The Bertz CT molecular complexity index is 484. The topological polar surface area (TPSA) is 82.0 Å². The van der Waals surface area contributed by atoms with Crippen LogP contribution in [0, 0.1) is 0 Å². The van der Waals surface area contributed by atoms with Gasteiger partial charge in [0.25, 0.3) is 0 Å². The predicted molar refractivity (Wildman–Crippen MR) is 64.5 cm³/mol. The van der Waals surface area contributed by atoms with Crippen LogP contribution in [-0.2, 0) is 6.54 Å². The number of anilines is 1. The van der Waals surface area contributed by atoms with Crippen molar-refractivity contribution in [2.75, 3.05) is 19.5 Å². The second kappa shape index (κ2) is 5.76. The molecule has 0 atom stereocenters. The van der Waals surface area contributed by atoms with Crippen LogP contribution in [0.3, 0.4) is 0 Å². The highest BCUT2D eigenvalue weighted by molar-refractivity contribution is 5.29. The molecule has 18 heavy (non-hydrogen) atoms. The van der Waals surface area contributed by atoms with E-state index in [1.165, 1.54) is 14.2 Å². The van der Waals surface area contributed by atoms with Crippen molar-refractivity contribution in [3.8, 4) is 12.0 Å². The summed E-state index contributed by atoms with van der Waals surface area (Å²) in [6.45, 7) is 0.560. The number of aromatic nitrogens is 4. The normalized spacial score (nSPS) is 9.89. The second-order valence-corrected chi connectivity index (χ2v) is 3.35. The van der Waals surface area contributed by atoms with E-state index < -0.39 is 0 Å². The van der Waals surface area contributed by atoms with Gasteiger partial charge in [-0.2, -0.15) is 9.97 Å². The number of ether oxygens (including phenoxy) is 2. The predicted octanol–water partition coefficient (Wildman–Crippen LogP) is 0.896. The lowest BCUT2D eigenvalue weighted by atomic mass is 10.3. The Hall–Kier alpha value is -2.44. The molecule has 2 rings (SSSR count). The van der Waals surface area contributed by atoms with Crippen LogP contribution in [0.1, 0.15) is 5.56 Å². The van der Waals surface area contributed by atoms with Crippen LogP contribution in [0.4, 0.5) is 5.95 Å². The Balaban J connectivity index is 2.09. The van der Waals surface area contributed by atoms with Gasteiger partial charge in [-0.3, -0.25) is 4.98 Å². The van der Waals surface area contributed by atoms with Crippen LogP contribution in [0.2, 0.25) is 0 Å². The van der Waals surface area contributed by atoms with Crippen molar-refractivity contribution in [1.82, 2.24) is 19.9 Å². The van der Waals surface area contributed by atoms with E-state index in [1.54, 1.807) is 12.4 Å². The molecule has 0 fully saturated rings. The average Bonchev–Trinajstić information content (AvgIpc) is 2.45. The first-order valence-corrected chi connectivity index (χ1v) is 5.28. The number of hydrogen-bond donors (Lipinski definition) is 1. The Kier molecular flexibility index (Phi) is 3.85. The van der Waals surface area contributed by atoms with Gasteiger partial charge in [0.05, 0.1) is 14.2 Å². The summed E-state index contributed by atoms with van der Waals surface area (Å²) in [5.74, 6) is 0.391. The summed E-state index contributed by atoms with van der Waals surface area (Å²) in [6.07, 6.45) is 3.49. The SMILES string of the molecule is COc1nc(NCc2cccnc2)nc(OC)n1. The summed E-state index contributed by atoms with van der Waals surface area (Å²) in [6, 6.07) is 4.23. The van der Waals surface area contributed by atoms with Crippen LogP contribution in [0.15, 0.2) is 24.5 Å². The van der Waals surface area contributed by atoms with Crippen LogP contribution < -0.4 is 14.8 Å². The summed E-state index contributed by atoms with van der Waals surface area (Å²) >= 11 is 0. The van der Waals surface area contributed by atoms with Crippen molar-refractivity contribution in [2.24, 2.45) is 0 Å². The molecule has 7 nitrogen and oxygen atoms in total. The molecule has 0 amide bonds. The zero-order valence-corrected chi connectivity index (χ0v) is 10.1. The van der Waals surface area contributed by atoms with Gasteiger partial charge in [0.2, 0.25) is 5.95 Å². The van der Waals surface area contributed by atoms with Gasteiger partial charge >= 0.3 is 12.0 Å². The molecular weight excluding hydrogens is 234 g/mol. The molecule has 0 aromatic carbocycles. The molecule has 0 spiro atoms. The maximum absolute atomic E-state index is 4.95. The molecule has 0 aliphatic heterocycles. The second-order valence-electron chi connectivity index (χ2n) is 3.35. The monoisotopic (exact) mass is 247 g/mol. The van der Waals surface area contributed by atoms with Gasteiger partial charge in [0.15, 0.2) is 0 Å². The molecule has 1 N–H and O–H groups in total. The average molecular weight is 247 g/mol. The van der Waals surface area contributed by atoms with E-state index in [4.69, 9.17) is 9.47 Å². The Labute approximate surface area is 104 Å². The lowest BCUT2D eigenvalue weighted by Gasteiger charge is -2.07. The van der Waals surface area contributed by atoms with Gasteiger partial charge in [0, 0.05) is 18.9 Å². The lowest BCUT2D eigenvalue weighted by molar-refractivity contribution is 0.341. The number of hydrogen-bond acceptors (Lipinski definition) is 7. The maximum atomic E-state index is 4.95. The summed E-state index contributed by atoms with van der Waals surface area (Å²) in [4.78, 5) is 16.0. The van der Waals surface area contributed by atoms with Crippen molar-refractivity contribution in [3.63, 3.8) is 0 Å². The number of methoxy groups -OCH3 is 2. The molecule has 0 bridgehead atoms. The highest BCUT2D eigenvalue weighted by atomic mass is 16.5. The standard InChI is InChI=1S/C11H13N5O2/c1-17-10-14-9(15-11(16-10)18-2)13-7-8-4-3-5-12-6-8/h3-6H,7H2,1-2H3,(H,13,14,15,16). The molecule has 2 aromatic rings. The summed E-state index contributed by atoms with van der Waals surface area (Å²) in [7, 11) is 2.97. The van der Waals surface area contributed by atoms with E-state index in [2.05, 4.69) is 25.3 Å². The number of nitrogens with one attached hydrogen (secondary N) is 1. The molecule has 0 unspecified atom stereocenters. The maximum Gasteiger partial charge on any atom is 0.324 e. The molecule has 2 heterocycles. The van der Waals surface area contributed by atoms with E-state index in [-0.39, 0.29) is 12.0 Å². The van der Waals surface area contributed by atoms with Gasteiger partial charge in [0.1, 0.15) is 0 Å². The highest BCUT2D eigenvalue weighted by Crippen LogP contribution is 2.12.